The standard InChI is InChI=1S/C23H23N5O3/c29-21(19-7-8-20(24-15-19)28-12-4-11-25-28)26-14-10-23(16-26)17-27(22(30)31-23)13-9-18-5-2-1-3-6-18/h1-8,11-12,15H,9-10,13-14,16-17H2/t23-/m0/s1. The van der Waals surface area contributed by atoms with Crippen molar-refractivity contribution < 1.29 is 14.3 Å². The smallest absolute Gasteiger partial charge is 0.410 e. The van der Waals surface area contributed by atoms with E-state index in [1.54, 1.807) is 45.2 Å². The van der Waals surface area contributed by atoms with Crippen molar-refractivity contribution in [2.75, 3.05) is 26.2 Å². The molecule has 2 aromatic heterocycles. The summed E-state index contributed by atoms with van der Waals surface area (Å²) in [4.78, 5) is 33.2. The number of ether oxygens (including phenoxy) is 1. The Bertz CT molecular complexity index is 1070. The van der Waals surface area contributed by atoms with Gasteiger partial charge >= 0.3 is 6.09 Å². The SMILES string of the molecule is O=C1O[C@]2(CCN(C(=O)c3ccc(-n4cccn4)nc3)C2)CN1CCc1ccccc1. The Morgan fingerprint density at radius 2 is 1.97 bits per heavy atom. The lowest BCUT2D eigenvalue weighted by molar-refractivity contribution is 0.0552. The third-order valence-electron chi connectivity index (χ3n) is 5.89. The van der Waals surface area contributed by atoms with Gasteiger partial charge in [-0.1, -0.05) is 30.3 Å². The first-order valence-corrected chi connectivity index (χ1v) is 10.4. The van der Waals surface area contributed by atoms with Gasteiger partial charge < -0.3 is 14.5 Å². The van der Waals surface area contributed by atoms with E-state index in [1.807, 2.05) is 24.3 Å². The van der Waals surface area contributed by atoms with Crippen LogP contribution in [-0.4, -0.2) is 68.3 Å². The molecule has 2 aliphatic rings. The molecule has 0 unspecified atom stereocenters. The van der Waals surface area contributed by atoms with Crippen LogP contribution >= 0.6 is 0 Å². The third-order valence-corrected chi connectivity index (χ3v) is 5.89. The number of nitrogens with zero attached hydrogens (tertiary/aromatic N) is 5. The molecule has 1 aromatic carbocycles. The molecule has 1 spiro atoms. The molecule has 2 aliphatic heterocycles. The number of hydrogen-bond acceptors (Lipinski definition) is 5. The first kappa shape index (κ1) is 19.3. The number of pyridine rings is 1. The molecule has 2 amide bonds. The van der Waals surface area contributed by atoms with Gasteiger partial charge in [-0.2, -0.15) is 5.10 Å². The minimum absolute atomic E-state index is 0.102. The van der Waals surface area contributed by atoms with Crippen LogP contribution in [-0.2, 0) is 11.2 Å². The lowest BCUT2D eigenvalue weighted by Crippen LogP contribution is -2.39. The second-order valence-corrected chi connectivity index (χ2v) is 8.04. The van der Waals surface area contributed by atoms with E-state index in [-0.39, 0.29) is 12.0 Å². The molecule has 1 atom stereocenters. The summed E-state index contributed by atoms with van der Waals surface area (Å²) in [5, 5.41) is 4.14. The summed E-state index contributed by atoms with van der Waals surface area (Å²) in [6.07, 6.45) is 6.17. The minimum atomic E-state index is -0.619. The number of rotatable bonds is 5. The van der Waals surface area contributed by atoms with Gasteiger partial charge in [0.1, 0.15) is 0 Å². The molecule has 0 N–H and O–H groups in total. The number of benzene rings is 1. The molecule has 4 heterocycles. The second kappa shape index (κ2) is 7.86. The van der Waals surface area contributed by atoms with Crippen LogP contribution in [0.15, 0.2) is 67.1 Å². The highest BCUT2D eigenvalue weighted by Crippen LogP contribution is 2.33. The summed E-state index contributed by atoms with van der Waals surface area (Å²) in [5.74, 6) is 0.549. The average molecular weight is 417 g/mol. The fraction of sp³-hybridized carbons (Fsp3) is 0.304. The van der Waals surface area contributed by atoms with Crippen molar-refractivity contribution in [2.45, 2.75) is 18.4 Å². The molecule has 0 radical (unpaired) electrons. The molecule has 0 saturated carbocycles. The average Bonchev–Trinajstić information content (AvgIpc) is 3.54. The van der Waals surface area contributed by atoms with Crippen molar-refractivity contribution in [1.82, 2.24) is 24.6 Å². The zero-order valence-electron chi connectivity index (χ0n) is 17.1. The summed E-state index contributed by atoms with van der Waals surface area (Å²) in [6, 6.07) is 15.4. The van der Waals surface area contributed by atoms with Crippen LogP contribution in [0.5, 0.6) is 0 Å². The molecule has 158 valence electrons. The van der Waals surface area contributed by atoms with Crippen LogP contribution in [0.25, 0.3) is 5.82 Å². The van der Waals surface area contributed by atoms with Crippen LogP contribution < -0.4 is 0 Å². The van der Waals surface area contributed by atoms with E-state index in [2.05, 4.69) is 22.2 Å². The van der Waals surface area contributed by atoms with Gasteiger partial charge in [-0.25, -0.2) is 14.5 Å². The van der Waals surface area contributed by atoms with Crippen LogP contribution in [0, 0.1) is 0 Å². The van der Waals surface area contributed by atoms with Gasteiger partial charge in [0.15, 0.2) is 11.4 Å². The Kier molecular flexibility index (Phi) is 4.89. The quantitative estimate of drug-likeness (QED) is 0.637. The number of carbonyl (C=O) groups is 2. The lowest BCUT2D eigenvalue weighted by Gasteiger charge is -2.22. The zero-order chi connectivity index (χ0) is 21.3. The maximum Gasteiger partial charge on any atom is 0.410 e. The third kappa shape index (κ3) is 3.88. The van der Waals surface area contributed by atoms with Crippen LogP contribution in [0.3, 0.4) is 0 Å². The Morgan fingerprint density at radius 3 is 2.71 bits per heavy atom. The minimum Gasteiger partial charge on any atom is -0.439 e. The van der Waals surface area contributed by atoms with E-state index in [0.29, 0.717) is 44.0 Å². The van der Waals surface area contributed by atoms with Gasteiger partial charge in [-0.05, 0) is 30.2 Å². The monoisotopic (exact) mass is 417 g/mol. The summed E-state index contributed by atoms with van der Waals surface area (Å²) >= 11 is 0. The molecule has 5 rings (SSSR count). The van der Waals surface area contributed by atoms with Gasteiger partial charge in [0.05, 0.1) is 18.7 Å². The topological polar surface area (TPSA) is 80.6 Å². The lowest BCUT2D eigenvalue weighted by atomic mass is 10.0. The van der Waals surface area contributed by atoms with E-state index in [1.165, 1.54) is 5.56 Å². The summed E-state index contributed by atoms with van der Waals surface area (Å²) < 4.78 is 7.40. The molecule has 2 fully saturated rings. The Balaban J connectivity index is 1.21. The molecular formula is C23H23N5O3. The summed E-state index contributed by atoms with van der Waals surface area (Å²) in [7, 11) is 0. The van der Waals surface area contributed by atoms with Gasteiger partial charge in [0, 0.05) is 38.1 Å². The fourth-order valence-corrected chi connectivity index (χ4v) is 4.24. The van der Waals surface area contributed by atoms with Gasteiger partial charge in [-0.3, -0.25) is 4.79 Å². The summed E-state index contributed by atoms with van der Waals surface area (Å²) in [6.45, 7) is 2.08. The molecule has 31 heavy (non-hydrogen) atoms. The van der Waals surface area contributed by atoms with E-state index in [0.717, 1.165) is 6.42 Å². The van der Waals surface area contributed by atoms with Crippen molar-refractivity contribution in [3.8, 4) is 5.82 Å². The highest BCUT2D eigenvalue weighted by molar-refractivity contribution is 5.94. The summed E-state index contributed by atoms with van der Waals surface area (Å²) in [5.41, 5.74) is 1.08. The fourth-order valence-electron chi connectivity index (χ4n) is 4.24. The van der Waals surface area contributed by atoms with Crippen molar-refractivity contribution >= 4 is 12.0 Å². The van der Waals surface area contributed by atoms with E-state index < -0.39 is 5.60 Å². The van der Waals surface area contributed by atoms with E-state index in [4.69, 9.17) is 4.74 Å². The largest absolute Gasteiger partial charge is 0.439 e. The van der Waals surface area contributed by atoms with Crippen LogP contribution in [0.1, 0.15) is 22.3 Å². The van der Waals surface area contributed by atoms with Gasteiger partial charge in [0.25, 0.3) is 5.91 Å². The number of aromatic nitrogens is 3. The Morgan fingerprint density at radius 1 is 1.10 bits per heavy atom. The second-order valence-electron chi connectivity index (χ2n) is 8.04. The van der Waals surface area contributed by atoms with Gasteiger partial charge in [0.2, 0.25) is 0 Å². The molecule has 0 aliphatic carbocycles. The predicted molar refractivity (Wildman–Crippen MR) is 113 cm³/mol. The maximum absolute atomic E-state index is 13.0. The molecule has 3 aromatic rings. The van der Waals surface area contributed by atoms with E-state index in [9.17, 15) is 9.59 Å². The highest BCUT2D eigenvalue weighted by Gasteiger charge is 2.50. The molecule has 8 heteroatoms. The zero-order valence-corrected chi connectivity index (χ0v) is 17.1. The Labute approximate surface area is 180 Å². The normalized spacial score (nSPS) is 20.5. The van der Waals surface area contributed by atoms with Crippen LogP contribution in [0.4, 0.5) is 4.79 Å². The van der Waals surface area contributed by atoms with Crippen molar-refractivity contribution in [3.63, 3.8) is 0 Å². The van der Waals surface area contributed by atoms with Gasteiger partial charge in [-0.15, -0.1) is 0 Å². The first-order valence-electron chi connectivity index (χ1n) is 10.4. The van der Waals surface area contributed by atoms with Crippen LogP contribution in [0.2, 0.25) is 0 Å². The molecule has 8 nitrogen and oxygen atoms in total. The maximum atomic E-state index is 13.0. The van der Waals surface area contributed by atoms with Crippen molar-refractivity contribution in [1.29, 1.82) is 0 Å². The molecular weight excluding hydrogens is 394 g/mol. The van der Waals surface area contributed by atoms with Crippen molar-refractivity contribution in [3.05, 3.63) is 78.2 Å². The Hall–Kier alpha value is -3.68. The number of amides is 2. The number of carbonyl (C=O) groups excluding carboxylic acids is 2. The molecule has 2 saturated heterocycles. The number of likely N-dealkylation sites (tertiary alicyclic amines) is 1. The van der Waals surface area contributed by atoms with E-state index >= 15 is 0 Å². The predicted octanol–water partition coefficient (Wildman–Crippen LogP) is 2.55. The highest BCUT2D eigenvalue weighted by atomic mass is 16.6. The number of hydrogen-bond donors (Lipinski definition) is 0. The van der Waals surface area contributed by atoms with Crippen molar-refractivity contribution in [2.24, 2.45) is 0 Å². The first-order chi connectivity index (χ1) is 15.1. The molecule has 0 bridgehead atoms.